The van der Waals surface area contributed by atoms with E-state index in [0.29, 0.717) is 25.2 Å². The van der Waals surface area contributed by atoms with Crippen molar-refractivity contribution in [3.63, 3.8) is 0 Å². The van der Waals surface area contributed by atoms with Crippen LogP contribution in [-0.4, -0.2) is 23.1 Å². The number of Topliss-reactive ketones (excluding diaryl/α,β-unsaturated/α-hetero) is 4. The molecule has 110 valence electrons. The van der Waals surface area contributed by atoms with Gasteiger partial charge in [0.1, 0.15) is 0 Å². The molecule has 22 heavy (non-hydrogen) atoms. The van der Waals surface area contributed by atoms with Gasteiger partial charge in [0, 0.05) is 11.1 Å². The predicted molar refractivity (Wildman–Crippen MR) is 85.7 cm³/mol. The van der Waals surface area contributed by atoms with Crippen molar-refractivity contribution in [3.8, 4) is 0 Å². The summed E-state index contributed by atoms with van der Waals surface area (Å²) in [5, 5.41) is 0. The van der Waals surface area contributed by atoms with Gasteiger partial charge in [-0.25, -0.2) is 0 Å². The number of benzene rings is 1. The Morgan fingerprint density at radius 1 is 0.818 bits per heavy atom. The Balaban J connectivity index is 2.10. The zero-order valence-corrected chi connectivity index (χ0v) is 13.4. The van der Waals surface area contributed by atoms with Crippen LogP contribution < -0.4 is 0 Å². The van der Waals surface area contributed by atoms with Crippen LogP contribution in [-0.2, 0) is 9.59 Å². The van der Waals surface area contributed by atoms with Gasteiger partial charge in [-0.15, -0.1) is 0 Å². The van der Waals surface area contributed by atoms with Gasteiger partial charge in [-0.05, 0) is 13.8 Å². The van der Waals surface area contributed by atoms with Crippen molar-refractivity contribution < 1.29 is 19.2 Å². The zero-order valence-electron chi connectivity index (χ0n) is 11.8. The highest BCUT2D eigenvalue weighted by atomic mass is 32.2. The average Bonchev–Trinajstić information content (AvgIpc) is 2.89. The standard InChI is InChI=1S/C16H10O4S2/c1-7(17)11(8(2)18)16-21-14-12(19)9-5-3-4-6-10(9)13(20)15(14)22-16/h3-6H,1-2H3. The summed E-state index contributed by atoms with van der Waals surface area (Å²) >= 11 is 2.09. The minimum absolute atomic E-state index is 0.0501. The molecular formula is C16H10O4S2. The molecule has 6 heteroatoms. The van der Waals surface area contributed by atoms with Crippen LogP contribution in [0.1, 0.15) is 34.6 Å². The van der Waals surface area contributed by atoms with E-state index in [9.17, 15) is 19.2 Å². The van der Waals surface area contributed by atoms with Gasteiger partial charge in [-0.3, -0.25) is 19.2 Å². The van der Waals surface area contributed by atoms with E-state index in [2.05, 4.69) is 0 Å². The van der Waals surface area contributed by atoms with E-state index in [1.54, 1.807) is 24.3 Å². The molecule has 0 amide bonds. The van der Waals surface area contributed by atoms with Crippen LogP contribution in [0.25, 0.3) is 0 Å². The van der Waals surface area contributed by atoms with Crippen molar-refractivity contribution in [2.75, 3.05) is 0 Å². The second-order valence-corrected chi connectivity index (χ2v) is 7.14. The molecule has 0 radical (unpaired) electrons. The number of carbonyl (C=O) groups excluding carboxylic acids is 4. The van der Waals surface area contributed by atoms with Gasteiger partial charge in [-0.2, -0.15) is 0 Å². The second kappa shape index (κ2) is 5.37. The molecule has 1 aliphatic heterocycles. The summed E-state index contributed by atoms with van der Waals surface area (Å²) in [5.74, 6) is -1.19. The first-order chi connectivity index (χ1) is 10.4. The molecule has 3 rings (SSSR count). The highest BCUT2D eigenvalue weighted by molar-refractivity contribution is 8.29. The topological polar surface area (TPSA) is 68.3 Å². The molecule has 0 saturated heterocycles. The monoisotopic (exact) mass is 330 g/mol. The first-order valence-corrected chi connectivity index (χ1v) is 8.09. The van der Waals surface area contributed by atoms with Crippen LogP contribution in [0.2, 0.25) is 0 Å². The third kappa shape index (κ3) is 2.19. The molecule has 2 aliphatic rings. The molecule has 0 N–H and O–H groups in total. The van der Waals surface area contributed by atoms with E-state index < -0.39 is 0 Å². The molecule has 1 heterocycles. The molecule has 1 aromatic carbocycles. The Labute approximate surface area is 135 Å². The van der Waals surface area contributed by atoms with Gasteiger partial charge in [0.25, 0.3) is 0 Å². The van der Waals surface area contributed by atoms with Crippen molar-refractivity contribution >= 4 is 46.7 Å². The summed E-state index contributed by atoms with van der Waals surface area (Å²) in [7, 11) is 0. The van der Waals surface area contributed by atoms with Gasteiger partial charge in [0.15, 0.2) is 11.6 Å². The average molecular weight is 330 g/mol. The SMILES string of the molecule is CC(=O)C(C(C)=O)=C1SC2=C(S1)C(=O)c1ccccc1C2=O. The maximum atomic E-state index is 12.5. The normalized spacial score (nSPS) is 16.5. The summed E-state index contributed by atoms with van der Waals surface area (Å²) in [5.41, 5.74) is 0.787. The summed E-state index contributed by atoms with van der Waals surface area (Å²) < 4.78 is 0.416. The Bertz CT molecular complexity index is 765. The Kier molecular flexibility index (Phi) is 3.66. The van der Waals surface area contributed by atoms with E-state index in [-0.39, 0.29) is 28.7 Å². The number of ketones is 4. The van der Waals surface area contributed by atoms with Crippen molar-refractivity contribution in [1.82, 2.24) is 0 Å². The number of allylic oxidation sites excluding steroid dienone is 3. The van der Waals surface area contributed by atoms with Gasteiger partial charge in [0.2, 0.25) is 11.6 Å². The molecule has 0 bridgehead atoms. The largest absolute Gasteiger partial charge is 0.294 e. The second-order valence-electron chi connectivity index (χ2n) is 4.84. The molecular weight excluding hydrogens is 320 g/mol. The fraction of sp³-hybridized carbons (Fsp3) is 0.125. The van der Waals surface area contributed by atoms with Crippen LogP contribution in [0.3, 0.4) is 0 Å². The molecule has 1 aliphatic carbocycles. The molecule has 0 aromatic heterocycles. The van der Waals surface area contributed by atoms with Crippen LogP contribution >= 0.6 is 23.5 Å². The zero-order chi connectivity index (χ0) is 16.0. The van der Waals surface area contributed by atoms with Crippen molar-refractivity contribution in [2.24, 2.45) is 0 Å². The van der Waals surface area contributed by atoms with E-state index in [0.717, 1.165) is 23.5 Å². The smallest absolute Gasteiger partial charge is 0.201 e. The molecule has 0 fully saturated rings. The van der Waals surface area contributed by atoms with Gasteiger partial charge in [-0.1, -0.05) is 47.8 Å². The number of fused-ring (bicyclic) bond motifs is 1. The van der Waals surface area contributed by atoms with Gasteiger partial charge in [0.05, 0.1) is 19.6 Å². The lowest BCUT2D eigenvalue weighted by Gasteiger charge is -2.13. The minimum atomic E-state index is -0.361. The van der Waals surface area contributed by atoms with Gasteiger partial charge >= 0.3 is 0 Å². The van der Waals surface area contributed by atoms with E-state index in [1.807, 2.05) is 0 Å². The maximum absolute atomic E-state index is 12.5. The summed E-state index contributed by atoms with van der Waals surface area (Å²) in [6.45, 7) is 2.61. The first kappa shape index (κ1) is 15.0. The number of rotatable bonds is 2. The van der Waals surface area contributed by atoms with Crippen molar-refractivity contribution in [2.45, 2.75) is 13.8 Å². The maximum Gasteiger partial charge on any atom is 0.201 e. The lowest BCUT2D eigenvalue weighted by atomic mass is 9.94. The third-order valence-electron chi connectivity index (χ3n) is 3.33. The fourth-order valence-corrected chi connectivity index (χ4v) is 5.20. The van der Waals surface area contributed by atoms with Crippen LogP contribution in [0.15, 0.2) is 43.9 Å². The number of hydrogen-bond acceptors (Lipinski definition) is 6. The van der Waals surface area contributed by atoms with Crippen molar-refractivity contribution in [1.29, 1.82) is 0 Å². The van der Waals surface area contributed by atoms with E-state index in [4.69, 9.17) is 0 Å². The molecule has 1 aromatic rings. The highest BCUT2D eigenvalue weighted by Gasteiger charge is 2.39. The van der Waals surface area contributed by atoms with E-state index >= 15 is 0 Å². The molecule has 0 atom stereocenters. The first-order valence-electron chi connectivity index (χ1n) is 6.46. The van der Waals surface area contributed by atoms with Crippen molar-refractivity contribution in [3.05, 3.63) is 55.0 Å². The predicted octanol–water partition coefficient (Wildman–Crippen LogP) is 3.15. The lowest BCUT2D eigenvalue weighted by Crippen LogP contribution is -2.17. The lowest BCUT2D eigenvalue weighted by molar-refractivity contribution is -0.119. The van der Waals surface area contributed by atoms with Crippen LogP contribution in [0.4, 0.5) is 0 Å². The summed E-state index contributed by atoms with van der Waals surface area (Å²) in [6, 6.07) is 6.64. The Morgan fingerprint density at radius 3 is 1.59 bits per heavy atom. The molecule has 4 nitrogen and oxygen atoms in total. The molecule has 0 unspecified atom stereocenters. The Morgan fingerprint density at radius 2 is 1.23 bits per heavy atom. The highest BCUT2D eigenvalue weighted by Crippen LogP contribution is 2.54. The quantitative estimate of drug-likeness (QED) is 0.471. The Hall–Kier alpha value is -1.92. The summed E-state index contributed by atoms with van der Waals surface area (Å²) in [4.78, 5) is 49.0. The van der Waals surface area contributed by atoms with Crippen LogP contribution in [0, 0.1) is 0 Å². The third-order valence-corrected chi connectivity index (χ3v) is 5.93. The minimum Gasteiger partial charge on any atom is -0.294 e. The summed E-state index contributed by atoms with van der Waals surface area (Å²) in [6.07, 6.45) is 0. The fourth-order valence-electron chi connectivity index (χ4n) is 2.36. The molecule has 0 saturated carbocycles. The van der Waals surface area contributed by atoms with Gasteiger partial charge < -0.3 is 0 Å². The van der Waals surface area contributed by atoms with Crippen LogP contribution in [0.5, 0.6) is 0 Å². The number of carbonyl (C=O) groups is 4. The number of hydrogen-bond donors (Lipinski definition) is 0. The number of thioether (sulfide) groups is 2. The van der Waals surface area contributed by atoms with E-state index in [1.165, 1.54) is 13.8 Å². The molecule has 0 spiro atoms.